The van der Waals surface area contributed by atoms with E-state index in [2.05, 4.69) is 34.4 Å². The predicted molar refractivity (Wildman–Crippen MR) is 119 cm³/mol. The van der Waals surface area contributed by atoms with Crippen LogP contribution in [0.15, 0.2) is 30.5 Å². The van der Waals surface area contributed by atoms with Crippen molar-refractivity contribution < 1.29 is 4.79 Å². The van der Waals surface area contributed by atoms with Gasteiger partial charge in [0.1, 0.15) is 5.52 Å². The summed E-state index contributed by atoms with van der Waals surface area (Å²) in [5.41, 5.74) is 2.35. The minimum Gasteiger partial charge on any atom is -0.349 e. The van der Waals surface area contributed by atoms with Crippen molar-refractivity contribution in [2.45, 2.75) is 45.6 Å². The van der Waals surface area contributed by atoms with Crippen LogP contribution >= 0.6 is 23.2 Å². The van der Waals surface area contributed by atoms with Crippen molar-refractivity contribution in [2.75, 3.05) is 5.32 Å². The summed E-state index contributed by atoms with van der Waals surface area (Å²) in [7, 11) is 1.84. The van der Waals surface area contributed by atoms with E-state index in [0.717, 1.165) is 25.7 Å². The second-order valence-corrected chi connectivity index (χ2v) is 7.84. The van der Waals surface area contributed by atoms with E-state index in [1.54, 1.807) is 35.0 Å². The average molecular weight is 434 g/mol. The van der Waals surface area contributed by atoms with Crippen molar-refractivity contribution in [3.05, 3.63) is 46.1 Å². The molecule has 0 spiro atoms. The summed E-state index contributed by atoms with van der Waals surface area (Å²) in [5, 5.41) is 7.26. The first kappa shape index (κ1) is 21.4. The van der Waals surface area contributed by atoms with Gasteiger partial charge >= 0.3 is 0 Å². The predicted octanol–water partition coefficient (Wildman–Crippen LogP) is 5.72. The monoisotopic (exact) mass is 433 g/mol. The van der Waals surface area contributed by atoms with E-state index in [1.807, 2.05) is 7.05 Å². The number of nitrogens with one attached hydrogen (secondary N) is 2. The van der Waals surface area contributed by atoms with Crippen molar-refractivity contribution in [3.8, 4) is 0 Å². The molecule has 0 aliphatic carbocycles. The molecule has 8 heteroatoms. The lowest BCUT2D eigenvalue weighted by Gasteiger charge is -2.17. The summed E-state index contributed by atoms with van der Waals surface area (Å²) in [6, 6.07) is 7.22. The number of anilines is 2. The van der Waals surface area contributed by atoms with Gasteiger partial charge in [-0.2, -0.15) is 0 Å². The second kappa shape index (κ2) is 9.46. The summed E-state index contributed by atoms with van der Waals surface area (Å²) in [5.74, 6) is 0.413. The molecule has 0 radical (unpaired) electrons. The molecule has 0 unspecified atom stereocenters. The van der Waals surface area contributed by atoms with Crippen LogP contribution in [-0.2, 0) is 7.05 Å². The molecular formula is C21H25Cl2N5O. The third kappa shape index (κ3) is 4.82. The van der Waals surface area contributed by atoms with E-state index in [0.29, 0.717) is 38.4 Å². The molecule has 0 aliphatic heterocycles. The first-order chi connectivity index (χ1) is 13.9. The van der Waals surface area contributed by atoms with Crippen LogP contribution < -0.4 is 10.6 Å². The molecule has 2 heterocycles. The number of aryl methyl sites for hydroxylation is 1. The number of rotatable bonds is 8. The van der Waals surface area contributed by atoms with E-state index in [1.165, 1.54) is 0 Å². The molecule has 0 saturated heterocycles. The van der Waals surface area contributed by atoms with Gasteiger partial charge < -0.3 is 10.6 Å². The summed E-state index contributed by atoms with van der Waals surface area (Å²) in [6.45, 7) is 4.24. The number of carbonyl (C=O) groups is 1. The number of halogens is 2. The number of nitrogens with zero attached hydrogens (tertiary/aromatic N) is 3. The maximum Gasteiger partial charge on any atom is 0.253 e. The van der Waals surface area contributed by atoms with Gasteiger partial charge in [-0.15, -0.1) is 0 Å². The molecule has 0 aliphatic rings. The molecule has 29 heavy (non-hydrogen) atoms. The smallest absolute Gasteiger partial charge is 0.253 e. The van der Waals surface area contributed by atoms with E-state index >= 15 is 0 Å². The van der Waals surface area contributed by atoms with E-state index in [4.69, 9.17) is 23.2 Å². The van der Waals surface area contributed by atoms with Crippen molar-refractivity contribution in [1.29, 1.82) is 0 Å². The van der Waals surface area contributed by atoms with Gasteiger partial charge in [0, 0.05) is 19.3 Å². The number of imidazole rings is 1. The van der Waals surface area contributed by atoms with E-state index < -0.39 is 0 Å². The molecular weight excluding hydrogens is 409 g/mol. The fraction of sp³-hybridized carbons (Fsp3) is 0.381. The zero-order chi connectivity index (χ0) is 21.0. The second-order valence-electron chi connectivity index (χ2n) is 7.03. The number of benzene rings is 1. The van der Waals surface area contributed by atoms with Gasteiger partial charge in [-0.25, -0.2) is 9.97 Å². The standard InChI is InChI=1S/C21H25Cl2N5O/c1-4-7-14(8-5-2)25-20(29)13-11-17-19(24-12-13)28(3)21(26-17)27-18-15(22)9-6-10-16(18)23/h6,9-12,14H,4-5,7-8H2,1-3H3,(H,25,29)(H,26,27). The van der Waals surface area contributed by atoms with Crippen molar-refractivity contribution in [1.82, 2.24) is 19.9 Å². The average Bonchev–Trinajstić information content (AvgIpc) is 3.00. The zero-order valence-electron chi connectivity index (χ0n) is 16.8. The minimum atomic E-state index is -0.124. The lowest BCUT2D eigenvalue weighted by molar-refractivity contribution is 0.0932. The summed E-state index contributed by atoms with van der Waals surface area (Å²) in [6.07, 6.45) is 5.57. The number of hydrogen-bond acceptors (Lipinski definition) is 4. The van der Waals surface area contributed by atoms with E-state index in [9.17, 15) is 4.79 Å². The number of carbonyl (C=O) groups excluding carboxylic acids is 1. The van der Waals surface area contributed by atoms with Crippen LogP contribution in [0.25, 0.3) is 11.2 Å². The topological polar surface area (TPSA) is 71.8 Å². The number of para-hydroxylation sites is 1. The molecule has 0 atom stereocenters. The fourth-order valence-electron chi connectivity index (χ4n) is 3.30. The molecule has 6 nitrogen and oxygen atoms in total. The molecule has 2 aromatic heterocycles. The highest BCUT2D eigenvalue weighted by Gasteiger charge is 2.17. The molecule has 2 N–H and O–H groups in total. The Balaban J connectivity index is 1.86. The molecule has 0 saturated carbocycles. The molecule has 0 bridgehead atoms. The molecule has 1 amide bonds. The largest absolute Gasteiger partial charge is 0.349 e. The molecule has 1 aromatic carbocycles. The van der Waals surface area contributed by atoms with Crippen LogP contribution in [0.3, 0.4) is 0 Å². The van der Waals surface area contributed by atoms with E-state index in [-0.39, 0.29) is 11.9 Å². The van der Waals surface area contributed by atoms with Gasteiger partial charge in [-0.1, -0.05) is 56.0 Å². The van der Waals surface area contributed by atoms with Crippen molar-refractivity contribution >= 4 is 51.9 Å². The van der Waals surface area contributed by atoms with Crippen molar-refractivity contribution in [3.63, 3.8) is 0 Å². The third-order valence-electron chi connectivity index (χ3n) is 4.78. The maximum atomic E-state index is 12.7. The van der Waals surface area contributed by atoms with Crippen LogP contribution in [0.5, 0.6) is 0 Å². The number of amides is 1. The van der Waals surface area contributed by atoms with Gasteiger partial charge in [0.2, 0.25) is 5.95 Å². The molecule has 154 valence electrons. The minimum absolute atomic E-state index is 0.124. The Morgan fingerprint density at radius 1 is 1.17 bits per heavy atom. The van der Waals surface area contributed by atoms with Gasteiger partial charge in [-0.05, 0) is 31.0 Å². The Bertz CT molecular complexity index is 991. The lowest BCUT2D eigenvalue weighted by Crippen LogP contribution is -2.34. The normalized spacial score (nSPS) is 11.2. The van der Waals surface area contributed by atoms with Crippen LogP contribution in [0, 0.1) is 0 Å². The van der Waals surface area contributed by atoms with Crippen LogP contribution in [0.2, 0.25) is 10.0 Å². The lowest BCUT2D eigenvalue weighted by atomic mass is 10.1. The number of aromatic nitrogens is 3. The zero-order valence-corrected chi connectivity index (χ0v) is 18.3. The number of fused-ring (bicyclic) bond motifs is 1. The van der Waals surface area contributed by atoms with Gasteiger partial charge in [-0.3, -0.25) is 9.36 Å². The first-order valence-electron chi connectivity index (χ1n) is 9.78. The Kier molecular flexibility index (Phi) is 6.98. The van der Waals surface area contributed by atoms with Gasteiger partial charge in [0.05, 0.1) is 21.3 Å². The Hall–Kier alpha value is -2.31. The number of pyridine rings is 1. The van der Waals surface area contributed by atoms with Crippen molar-refractivity contribution in [2.24, 2.45) is 7.05 Å². The quantitative estimate of drug-likeness (QED) is 0.476. The first-order valence-corrected chi connectivity index (χ1v) is 10.5. The Morgan fingerprint density at radius 2 is 1.83 bits per heavy atom. The highest BCUT2D eigenvalue weighted by Crippen LogP contribution is 2.32. The maximum absolute atomic E-state index is 12.7. The molecule has 3 aromatic rings. The Labute approximate surface area is 180 Å². The highest BCUT2D eigenvalue weighted by molar-refractivity contribution is 6.39. The molecule has 0 fully saturated rings. The fourth-order valence-corrected chi connectivity index (χ4v) is 3.79. The van der Waals surface area contributed by atoms with Crippen LogP contribution in [0.1, 0.15) is 49.9 Å². The Morgan fingerprint density at radius 3 is 2.45 bits per heavy atom. The highest BCUT2D eigenvalue weighted by atomic mass is 35.5. The van der Waals surface area contributed by atoms with Gasteiger partial charge in [0.25, 0.3) is 5.91 Å². The summed E-state index contributed by atoms with van der Waals surface area (Å²) in [4.78, 5) is 21.7. The van der Waals surface area contributed by atoms with Crippen LogP contribution in [-0.4, -0.2) is 26.5 Å². The third-order valence-corrected chi connectivity index (χ3v) is 5.41. The summed E-state index contributed by atoms with van der Waals surface area (Å²) >= 11 is 12.5. The SMILES string of the molecule is CCCC(CCC)NC(=O)c1cnc2c(c1)nc(Nc1c(Cl)cccc1Cl)n2C. The number of hydrogen-bond donors (Lipinski definition) is 2. The summed E-state index contributed by atoms with van der Waals surface area (Å²) < 4.78 is 1.80. The molecule has 3 rings (SSSR count). The van der Waals surface area contributed by atoms with Gasteiger partial charge in [0.15, 0.2) is 5.65 Å². The van der Waals surface area contributed by atoms with Crippen LogP contribution in [0.4, 0.5) is 11.6 Å².